The second-order valence-corrected chi connectivity index (χ2v) is 5.96. The number of carbonyl (C=O) groups is 2. The van der Waals surface area contributed by atoms with Gasteiger partial charge in [0.05, 0.1) is 18.1 Å². The van der Waals surface area contributed by atoms with Gasteiger partial charge < -0.3 is 9.64 Å². The zero-order chi connectivity index (χ0) is 14.0. The Morgan fingerprint density at radius 3 is 2.84 bits per heavy atom. The second-order valence-electron chi connectivity index (χ2n) is 4.39. The van der Waals surface area contributed by atoms with Crippen LogP contribution >= 0.6 is 34.2 Å². The van der Waals surface area contributed by atoms with Crippen LogP contribution in [-0.4, -0.2) is 37.0 Å². The number of hydrogen-bond donors (Lipinski definition) is 0. The number of likely N-dealkylation sites (tertiary alicyclic amines) is 1. The fraction of sp³-hybridized carbons (Fsp3) is 0.385. The highest BCUT2D eigenvalue weighted by atomic mass is 127. The molecule has 1 aromatic carbocycles. The summed E-state index contributed by atoms with van der Waals surface area (Å²) in [6.45, 7) is 0.983. The van der Waals surface area contributed by atoms with Crippen molar-refractivity contribution in [1.29, 1.82) is 0 Å². The van der Waals surface area contributed by atoms with Crippen molar-refractivity contribution in [2.45, 2.75) is 6.42 Å². The molecule has 2 rings (SSSR count). The number of amides is 1. The number of benzene rings is 1. The standard InChI is InChI=1S/C13H13ClINO3/c1-19-13(18)9-4-5-16(7-9)12(17)8-2-3-11(15)10(14)6-8/h2-3,6,9H,4-5,7H2,1H3. The molecule has 0 aromatic heterocycles. The molecule has 1 atom stereocenters. The summed E-state index contributed by atoms with van der Waals surface area (Å²) in [6, 6.07) is 5.22. The fourth-order valence-electron chi connectivity index (χ4n) is 2.12. The predicted octanol–water partition coefficient (Wildman–Crippen LogP) is 2.58. The topological polar surface area (TPSA) is 46.6 Å². The van der Waals surface area contributed by atoms with E-state index in [4.69, 9.17) is 16.3 Å². The third-order valence-corrected chi connectivity index (χ3v) is 4.75. The minimum absolute atomic E-state index is 0.0929. The first-order valence-electron chi connectivity index (χ1n) is 5.85. The van der Waals surface area contributed by atoms with Gasteiger partial charge in [-0.3, -0.25) is 9.59 Å². The van der Waals surface area contributed by atoms with E-state index in [0.717, 1.165) is 3.57 Å². The quantitative estimate of drug-likeness (QED) is 0.573. The Morgan fingerprint density at radius 2 is 2.21 bits per heavy atom. The number of esters is 1. The van der Waals surface area contributed by atoms with Crippen LogP contribution in [0, 0.1) is 9.49 Å². The summed E-state index contributed by atoms with van der Waals surface area (Å²) in [5, 5.41) is 0.565. The van der Waals surface area contributed by atoms with Gasteiger partial charge in [0.2, 0.25) is 0 Å². The summed E-state index contributed by atoms with van der Waals surface area (Å²) < 4.78 is 5.61. The van der Waals surface area contributed by atoms with Crippen molar-refractivity contribution in [3.8, 4) is 0 Å². The smallest absolute Gasteiger partial charge is 0.310 e. The molecule has 1 saturated heterocycles. The van der Waals surface area contributed by atoms with Crippen molar-refractivity contribution in [3.05, 3.63) is 32.4 Å². The lowest BCUT2D eigenvalue weighted by Gasteiger charge is -2.16. The van der Waals surface area contributed by atoms with Crippen LogP contribution in [0.3, 0.4) is 0 Å². The number of ether oxygens (including phenoxy) is 1. The average molecular weight is 394 g/mol. The molecular formula is C13H13ClINO3. The van der Waals surface area contributed by atoms with Crippen LogP contribution in [0.15, 0.2) is 18.2 Å². The number of carbonyl (C=O) groups excluding carboxylic acids is 2. The number of hydrogen-bond acceptors (Lipinski definition) is 3. The van der Waals surface area contributed by atoms with Crippen LogP contribution in [0.2, 0.25) is 5.02 Å². The lowest BCUT2D eigenvalue weighted by atomic mass is 10.1. The summed E-state index contributed by atoms with van der Waals surface area (Å²) in [5.74, 6) is -0.561. The summed E-state index contributed by atoms with van der Waals surface area (Å²) in [7, 11) is 1.37. The van der Waals surface area contributed by atoms with Crippen molar-refractivity contribution < 1.29 is 14.3 Å². The molecule has 1 aromatic rings. The van der Waals surface area contributed by atoms with E-state index in [9.17, 15) is 9.59 Å². The van der Waals surface area contributed by atoms with Crippen LogP contribution in [0.1, 0.15) is 16.8 Å². The summed E-state index contributed by atoms with van der Waals surface area (Å²) in [6.07, 6.45) is 0.649. The zero-order valence-corrected chi connectivity index (χ0v) is 13.3. The molecule has 19 heavy (non-hydrogen) atoms. The van der Waals surface area contributed by atoms with Gasteiger partial charge in [-0.05, 0) is 47.2 Å². The molecule has 0 saturated carbocycles. The second kappa shape index (κ2) is 6.09. The van der Waals surface area contributed by atoms with Crippen molar-refractivity contribution in [2.24, 2.45) is 5.92 Å². The van der Waals surface area contributed by atoms with E-state index in [1.54, 1.807) is 17.0 Å². The van der Waals surface area contributed by atoms with Crippen LogP contribution < -0.4 is 0 Å². The lowest BCUT2D eigenvalue weighted by molar-refractivity contribution is -0.144. The molecule has 0 aliphatic carbocycles. The minimum Gasteiger partial charge on any atom is -0.469 e. The summed E-state index contributed by atoms with van der Waals surface area (Å²) >= 11 is 8.13. The van der Waals surface area contributed by atoms with Gasteiger partial charge in [0.1, 0.15) is 0 Å². The van der Waals surface area contributed by atoms with E-state index >= 15 is 0 Å². The largest absolute Gasteiger partial charge is 0.469 e. The fourth-order valence-corrected chi connectivity index (χ4v) is 2.63. The maximum atomic E-state index is 12.3. The van der Waals surface area contributed by atoms with Gasteiger partial charge in [-0.2, -0.15) is 0 Å². The first kappa shape index (κ1) is 14.6. The SMILES string of the molecule is COC(=O)C1CCN(C(=O)c2ccc(I)c(Cl)c2)C1. The van der Waals surface area contributed by atoms with E-state index in [1.807, 2.05) is 6.07 Å². The van der Waals surface area contributed by atoms with Crippen LogP contribution in [0.25, 0.3) is 0 Å². The highest BCUT2D eigenvalue weighted by Gasteiger charge is 2.32. The maximum Gasteiger partial charge on any atom is 0.310 e. The van der Waals surface area contributed by atoms with Crippen LogP contribution in [0.4, 0.5) is 0 Å². The van der Waals surface area contributed by atoms with Gasteiger partial charge in [-0.15, -0.1) is 0 Å². The molecule has 0 spiro atoms. The molecule has 6 heteroatoms. The van der Waals surface area contributed by atoms with Gasteiger partial charge in [-0.25, -0.2) is 0 Å². The number of nitrogens with zero attached hydrogens (tertiary/aromatic N) is 1. The van der Waals surface area contributed by atoms with Gasteiger partial charge >= 0.3 is 5.97 Å². The van der Waals surface area contributed by atoms with Crippen molar-refractivity contribution in [3.63, 3.8) is 0 Å². The Balaban J connectivity index is 2.09. The highest BCUT2D eigenvalue weighted by molar-refractivity contribution is 14.1. The van der Waals surface area contributed by atoms with E-state index in [0.29, 0.717) is 30.1 Å². The van der Waals surface area contributed by atoms with E-state index in [1.165, 1.54) is 7.11 Å². The molecule has 0 radical (unpaired) electrons. The number of rotatable bonds is 2. The molecule has 1 fully saturated rings. The Bertz CT molecular complexity index is 521. The van der Waals surface area contributed by atoms with Crippen molar-refractivity contribution in [1.82, 2.24) is 4.90 Å². The van der Waals surface area contributed by atoms with Gasteiger partial charge in [0.15, 0.2) is 0 Å². The maximum absolute atomic E-state index is 12.3. The van der Waals surface area contributed by atoms with Crippen molar-refractivity contribution >= 4 is 46.1 Å². The Morgan fingerprint density at radius 1 is 1.47 bits per heavy atom. The monoisotopic (exact) mass is 393 g/mol. The van der Waals surface area contributed by atoms with E-state index in [-0.39, 0.29) is 17.8 Å². The number of halogens is 2. The minimum atomic E-state index is -0.254. The Kier molecular flexibility index (Phi) is 4.67. The van der Waals surface area contributed by atoms with Gasteiger partial charge in [0.25, 0.3) is 5.91 Å². The average Bonchev–Trinajstić information content (AvgIpc) is 2.89. The molecule has 4 nitrogen and oxygen atoms in total. The Hall–Kier alpha value is -0.820. The normalized spacial score (nSPS) is 18.5. The third kappa shape index (κ3) is 3.20. The molecular weight excluding hydrogens is 381 g/mol. The molecule has 1 aliphatic rings. The molecule has 102 valence electrons. The number of methoxy groups -OCH3 is 1. The van der Waals surface area contributed by atoms with E-state index < -0.39 is 0 Å². The molecule has 0 N–H and O–H groups in total. The predicted molar refractivity (Wildman–Crippen MR) is 80.2 cm³/mol. The molecule has 1 amide bonds. The van der Waals surface area contributed by atoms with Crippen LogP contribution in [-0.2, 0) is 9.53 Å². The molecule has 1 unspecified atom stereocenters. The van der Waals surface area contributed by atoms with Gasteiger partial charge in [0, 0.05) is 22.2 Å². The van der Waals surface area contributed by atoms with Crippen LogP contribution in [0.5, 0.6) is 0 Å². The summed E-state index contributed by atoms with van der Waals surface area (Å²) in [5.41, 5.74) is 0.552. The summed E-state index contributed by atoms with van der Waals surface area (Å²) in [4.78, 5) is 25.4. The van der Waals surface area contributed by atoms with Gasteiger partial charge in [-0.1, -0.05) is 11.6 Å². The van der Waals surface area contributed by atoms with Crippen molar-refractivity contribution in [2.75, 3.05) is 20.2 Å². The molecule has 1 heterocycles. The first-order valence-corrected chi connectivity index (χ1v) is 7.30. The first-order chi connectivity index (χ1) is 9.02. The highest BCUT2D eigenvalue weighted by Crippen LogP contribution is 2.23. The molecule has 1 aliphatic heterocycles. The third-order valence-electron chi connectivity index (χ3n) is 3.18. The lowest BCUT2D eigenvalue weighted by Crippen LogP contribution is -2.30. The van der Waals surface area contributed by atoms with E-state index in [2.05, 4.69) is 22.6 Å². The Labute approximate surface area is 130 Å². The zero-order valence-electron chi connectivity index (χ0n) is 10.4. The molecule has 0 bridgehead atoms.